The van der Waals surface area contributed by atoms with Crippen molar-refractivity contribution in [3.8, 4) is 11.4 Å². The van der Waals surface area contributed by atoms with Crippen LogP contribution in [0.1, 0.15) is 31.4 Å². The predicted molar refractivity (Wildman–Crippen MR) is 78.2 cm³/mol. The number of hydrogen-bond donors (Lipinski definition) is 1. The third-order valence-electron chi connectivity index (χ3n) is 3.35. The smallest absolute Gasteiger partial charge is 0.184 e. The molecule has 6 heteroatoms. The molecule has 2 aromatic rings. The van der Waals surface area contributed by atoms with Gasteiger partial charge in [-0.3, -0.25) is 0 Å². The Morgan fingerprint density at radius 1 is 1.40 bits per heavy atom. The van der Waals surface area contributed by atoms with Gasteiger partial charge in [0.05, 0.1) is 12.6 Å². The Bertz CT molecular complexity index is 540. The van der Waals surface area contributed by atoms with Gasteiger partial charge in [-0.15, -0.1) is 5.10 Å². The molecule has 0 fully saturated rings. The van der Waals surface area contributed by atoms with Crippen LogP contribution in [0.5, 0.6) is 0 Å². The number of ether oxygens (including phenoxy) is 1. The molecule has 1 aromatic carbocycles. The maximum absolute atomic E-state index is 6.09. The van der Waals surface area contributed by atoms with Gasteiger partial charge in [0, 0.05) is 18.4 Å². The summed E-state index contributed by atoms with van der Waals surface area (Å²) >= 11 is 0. The number of benzene rings is 1. The highest BCUT2D eigenvalue weighted by Crippen LogP contribution is 2.29. The van der Waals surface area contributed by atoms with Crippen molar-refractivity contribution in [1.82, 2.24) is 20.2 Å². The first-order valence-electron chi connectivity index (χ1n) is 6.81. The summed E-state index contributed by atoms with van der Waals surface area (Å²) in [4.78, 5) is 0. The lowest BCUT2D eigenvalue weighted by Gasteiger charge is -2.18. The number of nitrogen functional groups attached to an aromatic ring is 1. The topological polar surface area (TPSA) is 78.8 Å². The van der Waals surface area contributed by atoms with Crippen molar-refractivity contribution in [3.63, 3.8) is 0 Å². The second-order valence-electron chi connectivity index (χ2n) is 4.88. The maximum atomic E-state index is 6.09. The number of methoxy groups -OCH3 is 1. The molecule has 20 heavy (non-hydrogen) atoms. The molecule has 108 valence electrons. The Hall–Kier alpha value is -1.95. The summed E-state index contributed by atoms with van der Waals surface area (Å²) in [6, 6.07) is 5.93. The molecule has 6 nitrogen and oxygen atoms in total. The summed E-state index contributed by atoms with van der Waals surface area (Å²) in [7, 11) is 1.69. The standard InChI is InChI=1S/C14H21N5O/c1-4-6-11(9-20-3)19-14(16-17-18-19)13-10(2)7-5-8-12(13)15/h5,7-8,11H,4,6,9,15H2,1-3H3. The van der Waals surface area contributed by atoms with Gasteiger partial charge in [-0.05, 0) is 35.4 Å². The first-order chi connectivity index (χ1) is 9.69. The van der Waals surface area contributed by atoms with Crippen molar-refractivity contribution in [3.05, 3.63) is 23.8 Å². The molecule has 2 rings (SSSR count). The number of anilines is 1. The zero-order chi connectivity index (χ0) is 14.5. The van der Waals surface area contributed by atoms with Crippen LogP contribution in [-0.4, -0.2) is 33.9 Å². The van der Waals surface area contributed by atoms with Crippen LogP contribution >= 0.6 is 0 Å². The molecule has 1 atom stereocenters. The van der Waals surface area contributed by atoms with Crippen LogP contribution in [-0.2, 0) is 4.74 Å². The highest BCUT2D eigenvalue weighted by atomic mass is 16.5. The molecule has 0 saturated carbocycles. The third kappa shape index (κ3) is 2.80. The normalized spacial score (nSPS) is 12.6. The molecule has 0 aliphatic rings. The van der Waals surface area contributed by atoms with E-state index >= 15 is 0 Å². The Morgan fingerprint density at radius 2 is 2.20 bits per heavy atom. The molecule has 0 amide bonds. The van der Waals surface area contributed by atoms with Crippen molar-refractivity contribution < 1.29 is 4.74 Å². The second-order valence-corrected chi connectivity index (χ2v) is 4.88. The van der Waals surface area contributed by atoms with E-state index in [0.717, 1.165) is 24.0 Å². The minimum absolute atomic E-state index is 0.119. The fourth-order valence-electron chi connectivity index (χ4n) is 2.40. The summed E-state index contributed by atoms with van der Waals surface area (Å²) in [5.74, 6) is 0.705. The van der Waals surface area contributed by atoms with E-state index in [1.807, 2.05) is 29.8 Å². The minimum Gasteiger partial charge on any atom is -0.398 e. The molecule has 2 N–H and O–H groups in total. The number of aromatic nitrogens is 4. The number of rotatable bonds is 6. The van der Waals surface area contributed by atoms with Gasteiger partial charge in [-0.1, -0.05) is 25.5 Å². The maximum Gasteiger partial charge on any atom is 0.184 e. The van der Waals surface area contributed by atoms with Crippen LogP contribution in [0, 0.1) is 6.92 Å². The molecule has 1 aromatic heterocycles. The van der Waals surface area contributed by atoms with E-state index in [1.165, 1.54) is 0 Å². The van der Waals surface area contributed by atoms with E-state index < -0.39 is 0 Å². The lowest BCUT2D eigenvalue weighted by molar-refractivity contribution is 0.144. The molecule has 0 spiro atoms. The van der Waals surface area contributed by atoms with Gasteiger partial charge in [0.25, 0.3) is 0 Å². The summed E-state index contributed by atoms with van der Waals surface area (Å²) < 4.78 is 7.11. The summed E-state index contributed by atoms with van der Waals surface area (Å²) in [6.07, 6.45) is 1.99. The largest absolute Gasteiger partial charge is 0.398 e. The highest BCUT2D eigenvalue weighted by Gasteiger charge is 2.20. The number of tetrazole rings is 1. The average Bonchev–Trinajstić information content (AvgIpc) is 2.87. The number of hydrogen-bond acceptors (Lipinski definition) is 5. The second kappa shape index (κ2) is 6.47. The zero-order valence-corrected chi connectivity index (χ0v) is 12.2. The van der Waals surface area contributed by atoms with E-state index in [9.17, 15) is 0 Å². The quantitative estimate of drug-likeness (QED) is 0.818. The van der Waals surface area contributed by atoms with E-state index in [2.05, 4.69) is 22.4 Å². The van der Waals surface area contributed by atoms with Gasteiger partial charge in [-0.25, -0.2) is 4.68 Å². The summed E-state index contributed by atoms with van der Waals surface area (Å²) in [5.41, 5.74) is 8.74. The fraction of sp³-hybridized carbons (Fsp3) is 0.500. The van der Waals surface area contributed by atoms with E-state index in [-0.39, 0.29) is 6.04 Å². The Labute approximate surface area is 118 Å². The van der Waals surface area contributed by atoms with E-state index in [0.29, 0.717) is 18.1 Å². The van der Waals surface area contributed by atoms with Crippen molar-refractivity contribution in [2.75, 3.05) is 19.5 Å². The van der Waals surface area contributed by atoms with Crippen LogP contribution in [0.15, 0.2) is 18.2 Å². The summed E-state index contributed by atoms with van der Waals surface area (Å²) in [5, 5.41) is 12.1. The first-order valence-corrected chi connectivity index (χ1v) is 6.81. The van der Waals surface area contributed by atoms with Crippen molar-refractivity contribution in [1.29, 1.82) is 0 Å². The van der Waals surface area contributed by atoms with Crippen LogP contribution < -0.4 is 5.73 Å². The predicted octanol–water partition coefficient (Wildman–Crippen LogP) is 2.22. The van der Waals surface area contributed by atoms with Gasteiger partial charge in [0.2, 0.25) is 0 Å². The molecule has 0 bridgehead atoms. The van der Waals surface area contributed by atoms with Crippen LogP contribution in [0.2, 0.25) is 0 Å². The molecule has 0 aliphatic carbocycles. The Kier molecular flexibility index (Phi) is 4.68. The SMILES string of the molecule is CCCC(COC)n1nnnc1-c1c(C)cccc1N. The average molecular weight is 275 g/mol. The zero-order valence-electron chi connectivity index (χ0n) is 12.2. The molecular weight excluding hydrogens is 254 g/mol. The number of aryl methyl sites for hydroxylation is 1. The van der Waals surface area contributed by atoms with Crippen molar-refractivity contribution in [2.24, 2.45) is 0 Å². The van der Waals surface area contributed by atoms with Gasteiger partial charge in [0.15, 0.2) is 5.82 Å². The van der Waals surface area contributed by atoms with Gasteiger partial charge >= 0.3 is 0 Å². The van der Waals surface area contributed by atoms with Crippen LogP contribution in [0.4, 0.5) is 5.69 Å². The molecular formula is C14H21N5O. The van der Waals surface area contributed by atoms with Crippen molar-refractivity contribution >= 4 is 5.69 Å². The Balaban J connectivity index is 2.46. The number of nitrogens with zero attached hydrogens (tertiary/aromatic N) is 4. The lowest BCUT2D eigenvalue weighted by atomic mass is 10.1. The monoisotopic (exact) mass is 275 g/mol. The van der Waals surface area contributed by atoms with Gasteiger partial charge < -0.3 is 10.5 Å². The molecule has 0 radical (unpaired) electrons. The minimum atomic E-state index is 0.119. The fourth-order valence-corrected chi connectivity index (χ4v) is 2.40. The highest BCUT2D eigenvalue weighted by molar-refractivity contribution is 5.74. The van der Waals surface area contributed by atoms with E-state index in [4.69, 9.17) is 10.5 Å². The van der Waals surface area contributed by atoms with Gasteiger partial charge in [-0.2, -0.15) is 0 Å². The molecule has 0 aliphatic heterocycles. The summed E-state index contributed by atoms with van der Waals surface area (Å²) in [6.45, 7) is 4.72. The first kappa shape index (κ1) is 14.5. The Morgan fingerprint density at radius 3 is 2.85 bits per heavy atom. The number of nitrogens with two attached hydrogens (primary N) is 1. The lowest BCUT2D eigenvalue weighted by Crippen LogP contribution is -2.18. The molecule has 1 heterocycles. The van der Waals surface area contributed by atoms with Crippen LogP contribution in [0.25, 0.3) is 11.4 Å². The molecule has 0 saturated heterocycles. The van der Waals surface area contributed by atoms with Gasteiger partial charge in [0.1, 0.15) is 0 Å². The third-order valence-corrected chi connectivity index (χ3v) is 3.35. The van der Waals surface area contributed by atoms with E-state index in [1.54, 1.807) is 7.11 Å². The van der Waals surface area contributed by atoms with Crippen LogP contribution in [0.3, 0.4) is 0 Å². The van der Waals surface area contributed by atoms with Crippen molar-refractivity contribution in [2.45, 2.75) is 32.7 Å². The molecule has 1 unspecified atom stereocenters.